The van der Waals surface area contributed by atoms with Crippen molar-refractivity contribution in [3.05, 3.63) is 83.1 Å². The van der Waals surface area contributed by atoms with E-state index in [1.807, 2.05) is 24.0 Å². The number of rotatable bonds is 6. The molecule has 0 saturated carbocycles. The van der Waals surface area contributed by atoms with E-state index in [1.54, 1.807) is 7.11 Å². The van der Waals surface area contributed by atoms with Crippen LogP contribution in [-0.4, -0.2) is 21.8 Å². The zero-order valence-corrected chi connectivity index (χ0v) is 19.8. The fraction of sp³-hybridized carbons (Fsp3) is 0.357. The summed E-state index contributed by atoms with van der Waals surface area (Å²) in [7, 11) is 1.70. The molecule has 1 unspecified atom stereocenters. The van der Waals surface area contributed by atoms with Crippen molar-refractivity contribution in [2.24, 2.45) is 0 Å². The van der Waals surface area contributed by atoms with Crippen LogP contribution in [0.3, 0.4) is 0 Å². The Balaban J connectivity index is 1.42. The fourth-order valence-electron chi connectivity index (χ4n) is 5.04. The molecule has 0 saturated heterocycles. The predicted molar refractivity (Wildman–Crippen MR) is 130 cm³/mol. The lowest BCUT2D eigenvalue weighted by atomic mass is 9.80. The summed E-state index contributed by atoms with van der Waals surface area (Å²) < 4.78 is 13.7. The Bertz CT molecular complexity index is 1250. The minimum absolute atomic E-state index is 0.404. The van der Waals surface area contributed by atoms with Crippen molar-refractivity contribution in [1.29, 1.82) is 0 Å². The number of aryl methyl sites for hydroxylation is 2. The zero-order valence-electron chi connectivity index (χ0n) is 19.8. The first-order valence-electron chi connectivity index (χ1n) is 11.8. The second-order valence-corrected chi connectivity index (χ2v) is 9.32. The van der Waals surface area contributed by atoms with E-state index in [1.165, 1.54) is 16.7 Å². The highest BCUT2D eigenvalue weighted by Gasteiger charge is 2.30. The van der Waals surface area contributed by atoms with Crippen LogP contribution in [0.2, 0.25) is 0 Å². The van der Waals surface area contributed by atoms with Gasteiger partial charge >= 0.3 is 0 Å². The average molecular weight is 442 g/mol. The minimum Gasteiger partial charge on any atom is -0.495 e. The standard InChI is InChI=1S/C28H31N3O2/c1-18-8-10-21(11-9-18)19(2)14-23-6-5-7-24-27(30-33-28(23)24)22-12-13-25(26(15-22)32-4)31-16-20(3)29-17-31/h8-13,15-17,19,23H,5-7,14H2,1-4H3/t19-,23?/m0/s1. The Morgan fingerprint density at radius 3 is 2.70 bits per heavy atom. The van der Waals surface area contributed by atoms with Crippen molar-refractivity contribution in [3.8, 4) is 22.7 Å². The number of methoxy groups -OCH3 is 1. The van der Waals surface area contributed by atoms with Gasteiger partial charge in [0.25, 0.3) is 0 Å². The number of hydrogen-bond acceptors (Lipinski definition) is 4. The number of fused-ring (bicyclic) bond motifs is 1. The molecule has 4 aromatic rings. The molecule has 170 valence electrons. The van der Waals surface area contributed by atoms with E-state index in [9.17, 15) is 0 Å². The molecule has 5 nitrogen and oxygen atoms in total. The molecule has 1 aliphatic rings. The molecule has 0 spiro atoms. The number of imidazole rings is 1. The van der Waals surface area contributed by atoms with Crippen molar-refractivity contribution in [1.82, 2.24) is 14.7 Å². The molecule has 5 heteroatoms. The summed E-state index contributed by atoms with van der Waals surface area (Å²) in [5, 5.41) is 4.54. The van der Waals surface area contributed by atoms with Gasteiger partial charge in [0.15, 0.2) is 0 Å². The maximum absolute atomic E-state index is 6.00. The minimum atomic E-state index is 0.404. The monoisotopic (exact) mass is 441 g/mol. The van der Waals surface area contributed by atoms with Gasteiger partial charge in [-0.1, -0.05) is 48.0 Å². The molecule has 2 aromatic heterocycles. The van der Waals surface area contributed by atoms with E-state index in [0.29, 0.717) is 11.8 Å². The van der Waals surface area contributed by atoms with Crippen LogP contribution in [0.1, 0.15) is 66.2 Å². The highest BCUT2D eigenvalue weighted by Crippen LogP contribution is 2.42. The summed E-state index contributed by atoms with van der Waals surface area (Å²) in [5.74, 6) is 2.75. The van der Waals surface area contributed by atoms with Gasteiger partial charge in [-0.3, -0.25) is 0 Å². The molecular formula is C28H31N3O2. The summed E-state index contributed by atoms with van der Waals surface area (Å²) in [5.41, 5.74) is 7.86. The van der Waals surface area contributed by atoms with Gasteiger partial charge in [0.05, 0.1) is 24.8 Å². The second kappa shape index (κ2) is 8.89. The van der Waals surface area contributed by atoms with Crippen LogP contribution in [0.15, 0.2) is 59.5 Å². The molecule has 33 heavy (non-hydrogen) atoms. The number of hydrogen-bond donors (Lipinski definition) is 0. The van der Waals surface area contributed by atoms with E-state index in [2.05, 4.69) is 66.5 Å². The maximum atomic E-state index is 6.00. The summed E-state index contributed by atoms with van der Waals surface area (Å²) in [6.07, 6.45) is 8.21. The lowest BCUT2D eigenvalue weighted by Gasteiger charge is -2.24. The highest BCUT2D eigenvalue weighted by atomic mass is 16.5. The lowest BCUT2D eigenvalue weighted by molar-refractivity contribution is 0.326. The molecule has 2 atom stereocenters. The smallest absolute Gasteiger partial charge is 0.143 e. The quantitative estimate of drug-likeness (QED) is 0.331. The van der Waals surface area contributed by atoms with Crippen LogP contribution in [0.5, 0.6) is 5.75 Å². The Kier molecular flexibility index (Phi) is 5.79. The van der Waals surface area contributed by atoms with Crippen LogP contribution in [0, 0.1) is 13.8 Å². The molecule has 0 radical (unpaired) electrons. The molecule has 0 bridgehead atoms. The number of benzene rings is 2. The Morgan fingerprint density at radius 2 is 1.97 bits per heavy atom. The lowest BCUT2D eigenvalue weighted by Crippen LogP contribution is -2.11. The third kappa shape index (κ3) is 4.20. The van der Waals surface area contributed by atoms with E-state index >= 15 is 0 Å². The van der Waals surface area contributed by atoms with Gasteiger partial charge in [0, 0.05) is 23.2 Å². The van der Waals surface area contributed by atoms with Gasteiger partial charge < -0.3 is 13.8 Å². The first-order valence-corrected chi connectivity index (χ1v) is 11.8. The first-order chi connectivity index (χ1) is 16.0. The third-order valence-electron chi connectivity index (χ3n) is 6.90. The molecule has 1 aliphatic carbocycles. The van der Waals surface area contributed by atoms with E-state index in [0.717, 1.165) is 59.8 Å². The largest absolute Gasteiger partial charge is 0.495 e. The van der Waals surface area contributed by atoms with Crippen LogP contribution < -0.4 is 4.74 Å². The summed E-state index contributed by atoms with van der Waals surface area (Å²) in [6.45, 7) is 6.43. The Morgan fingerprint density at radius 1 is 1.15 bits per heavy atom. The molecule has 0 amide bonds. The van der Waals surface area contributed by atoms with Crippen LogP contribution >= 0.6 is 0 Å². The SMILES string of the molecule is COc1cc(-c2noc3c2CCCC3C[C@H](C)c2ccc(C)cc2)ccc1-n1cnc(C)c1. The summed E-state index contributed by atoms with van der Waals surface area (Å²) in [6, 6.07) is 15.1. The molecule has 2 aromatic carbocycles. The van der Waals surface area contributed by atoms with Gasteiger partial charge in [-0.25, -0.2) is 4.98 Å². The van der Waals surface area contributed by atoms with E-state index in [4.69, 9.17) is 9.26 Å². The summed E-state index contributed by atoms with van der Waals surface area (Å²) >= 11 is 0. The zero-order chi connectivity index (χ0) is 22.9. The van der Waals surface area contributed by atoms with Gasteiger partial charge in [-0.15, -0.1) is 0 Å². The first kappa shape index (κ1) is 21.5. The molecular weight excluding hydrogens is 410 g/mol. The summed E-state index contributed by atoms with van der Waals surface area (Å²) in [4.78, 5) is 4.34. The maximum Gasteiger partial charge on any atom is 0.143 e. The van der Waals surface area contributed by atoms with Crippen molar-refractivity contribution in [2.45, 2.75) is 58.3 Å². The number of nitrogens with zero attached hydrogens (tertiary/aromatic N) is 3. The van der Waals surface area contributed by atoms with Crippen molar-refractivity contribution in [3.63, 3.8) is 0 Å². The van der Waals surface area contributed by atoms with E-state index in [-0.39, 0.29) is 0 Å². The Labute approximate surface area is 195 Å². The molecule has 2 heterocycles. The van der Waals surface area contributed by atoms with Crippen LogP contribution in [-0.2, 0) is 6.42 Å². The highest BCUT2D eigenvalue weighted by molar-refractivity contribution is 5.68. The van der Waals surface area contributed by atoms with Gasteiger partial charge in [0.2, 0.25) is 0 Å². The average Bonchev–Trinajstić information content (AvgIpc) is 3.46. The van der Waals surface area contributed by atoms with Crippen molar-refractivity contribution >= 4 is 0 Å². The van der Waals surface area contributed by atoms with Gasteiger partial charge in [0.1, 0.15) is 17.2 Å². The van der Waals surface area contributed by atoms with Crippen LogP contribution in [0.25, 0.3) is 16.9 Å². The topological polar surface area (TPSA) is 53.1 Å². The Hall–Kier alpha value is -3.34. The van der Waals surface area contributed by atoms with Gasteiger partial charge in [-0.2, -0.15) is 0 Å². The van der Waals surface area contributed by atoms with Gasteiger partial charge in [-0.05, 0) is 63.1 Å². The van der Waals surface area contributed by atoms with Crippen molar-refractivity contribution in [2.75, 3.05) is 7.11 Å². The number of aromatic nitrogens is 3. The fourth-order valence-corrected chi connectivity index (χ4v) is 5.04. The predicted octanol–water partition coefficient (Wildman–Crippen LogP) is 6.77. The van der Waals surface area contributed by atoms with E-state index < -0.39 is 0 Å². The van der Waals surface area contributed by atoms with Crippen LogP contribution in [0.4, 0.5) is 0 Å². The number of ether oxygens (including phenoxy) is 1. The molecule has 0 aliphatic heterocycles. The normalized spacial score (nSPS) is 16.4. The second-order valence-electron chi connectivity index (χ2n) is 9.32. The molecule has 5 rings (SSSR count). The third-order valence-corrected chi connectivity index (χ3v) is 6.90. The molecule has 0 N–H and O–H groups in total. The molecule has 0 fully saturated rings. The van der Waals surface area contributed by atoms with Crippen molar-refractivity contribution < 1.29 is 9.26 Å².